The van der Waals surface area contributed by atoms with Crippen LogP contribution in [0.1, 0.15) is 18.8 Å². The van der Waals surface area contributed by atoms with Gasteiger partial charge in [-0.2, -0.15) is 10.4 Å². The molecule has 58 valence electrons. The Bertz CT molecular complexity index is 268. The van der Waals surface area contributed by atoms with E-state index in [4.69, 9.17) is 11.0 Å². The first-order valence-corrected chi connectivity index (χ1v) is 3.40. The molecule has 0 saturated carbocycles. The van der Waals surface area contributed by atoms with Gasteiger partial charge in [-0.15, -0.1) is 0 Å². The van der Waals surface area contributed by atoms with Gasteiger partial charge in [-0.3, -0.25) is 4.68 Å². The Morgan fingerprint density at radius 2 is 2.64 bits per heavy atom. The minimum Gasteiger partial charge on any atom is -0.310 e. The molecule has 0 amide bonds. The van der Waals surface area contributed by atoms with E-state index in [9.17, 15) is 0 Å². The standard InChI is InChI=1S/C7H10N4/c1-6(9)11-7(2-4-8)3-5-10-11/h3,5-6H,2,9H2,1H3. The molecule has 0 aliphatic carbocycles. The van der Waals surface area contributed by atoms with Gasteiger partial charge in [-0.1, -0.05) is 0 Å². The van der Waals surface area contributed by atoms with Crippen molar-refractivity contribution in [3.8, 4) is 6.07 Å². The smallest absolute Gasteiger partial charge is 0.0963 e. The van der Waals surface area contributed by atoms with E-state index in [-0.39, 0.29) is 6.17 Å². The molecule has 0 aliphatic rings. The number of nitriles is 1. The van der Waals surface area contributed by atoms with E-state index in [0.717, 1.165) is 5.69 Å². The summed E-state index contributed by atoms with van der Waals surface area (Å²) >= 11 is 0. The second kappa shape index (κ2) is 3.17. The van der Waals surface area contributed by atoms with Crippen molar-refractivity contribution in [2.75, 3.05) is 0 Å². The first kappa shape index (κ1) is 7.76. The molecule has 4 heteroatoms. The van der Waals surface area contributed by atoms with Crippen LogP contribution in [0.25, 0.3) is 0 Å². The van der Waals surface area contributed by atoms with E-state index in [1.54, 1.807) is 16.9 Å². The first-order valence-electron chi connectivity index (χ1n) is 3.40. The topological polar surface area (TPSA) is 67.6 Å². The molecule has 0 fully saturated rings. The minimum absolute atomic E-state index is 0.159. The molecule has 0 radical (unpaired) electrons. The lowest BCUT2D eigenvalue weighted by molar-refractivity contribution is 0.493. The zero-order chi connectivity index (χ0) is 8.27. The summed E-state index contributed by atoms with van der Waals surface area (Å²) in [6, 6.07) is 3.85. The second-order valence-electron chi connectivity index (χ2n) is 2.34. The Hall–Kier alpha value is -1.34. The summed E-state index contributed by atoms with van der Waals surface area (Å²) in [7, 11) is 0. The van der Waals surface area contributed by atoms with Crippen LogP contribution in [0, 0.1) is 11.3 Å². The third kappa shape index (κ3) is 1.57. The van der Waals surface area contributed by atoms with Crippen molar-refractivity contribution in [3.05, 3.63) is 18.0 Å². The Kier molecular flexibility index (Phi) is 2.24. The average Bonchev–Trinajstić information content (AvgIpc) is 2.36. The second-order valence-corrected chi connectivity index (χ2v) is 2.34. The van der Waals surface area contributed by atoms with Crippen molar-refractivity contribution in [2.24, 2.45) is 5.73 Å². The highest BCUT2D eigenvalue weighted by Gasteiger charge is 2.03. The van der Waals surface area contributed by atoms with Crippen LogP contribution in [0.2, 0.25) is 0 Å². The summed E-state index contributed by atoms with van der Waals surface area (Å²) in [6.45, 7) is 1.83. The Labute approximate surface area is 65.2 Å². The summed E-state index contributed by atoms with van der Waals surface area (Å²) in [5.74, 6) is 0. The molecule has 11 heavy (non-hydrogen) atoms. The van der Waals surface area contributed by atoms with Crippen molar-refractivity contribution in [1.29, 1.82) is 5.26 Å². The van der Waals surface area contributed by atoms with Crippen molar-refractivity contribution >= 4 is 0 Å². The highest BCUT2D eigenvalue weighted by molar-refractivity contribution is 5.06. The van der Waals surface area contributed by atoms with E-state index in [1.165, 1.54) is 0 Å². The van der Waals surface area contributed by atoms with Crippen LogP contribution in [0.4, 0.5) is 0 Å². The molecule has 1 atom stereocenters. The summed E-state index contributed by atoms with van der Waals surface area (Å²) < 4.78 is 1.64. The van der Waals surface area contributed by atoms with Crippen LogP contribution >= 0.6 is 0 Å². The van der Waals surface area contributed by atoms with Gasteiger partial charge in [0.25, 0.3) is 0 Å². The van der Waals surface area contributed by atoms with Gasteiger partial charge in [0.15, 0.2) is 0 Å². The molecule has 1 aromatic heterocycles. The lowest BCUT2D eigenvalue weighted by atomic mass is 10.3. The molecule has 1 rings (SSSR count). The summed E-state index contributed by atoms with van der Waals surface area (Å²) in [5, 5.41) is 12.4. The highest BCUT2D eigenvalue weighted by Crippen LogP contribution is 2.03. The maximum absolute atomic E-state index is 8.41. The summed E-state index contributed by atoms with van der Waals surface area (Å²) in [6.07, 6.45) is 1.85. The molecule has 0 spiro atoms. The lowest BCUT2D eigenvalue weighted by Gasteiger charge is -2.07. The van der Waals surface area contributed by atoms with E-state index in [0.29, 0.717) is 6.42 Å². The fourth-order valence-electron chi connectivity index (χ4n) is 0.929. The Morgan fingerprint density at radius 3 is 3.18 bits per heavy atom. The largest absolute Gasteiger partial charge is 0.310 e. The van der Waals surface area contributed by atoms with Crippen molar-refractivity contribution in [1.82, 2.24) is 9.78 Å². The normalized spacial score (nSPS) is 12.5. The Morgan fingerprint density at radius 1 is 1.91 bits per heavy atom. The molecule has 0 aliphatic heterocycles. The number of hydrogen-bond acceptors (Lipinski definition) is 3. The zero-order valence-electron chi connectivity index (χ0n) is 6.36. The number of hydrogen-bond donors (Lipinski definition) is 1. The van der Waals surface area contributed by atoms with Crippen molar-refractivity contribution in [3.63, 3.8) is 0 Å². The van der Waals surface area contributed by atoms with Gasteiger partial charge in [0.1, 0.15) is 0 Å². The van der Waals surface area contributed by atoms with Gasteiger partial charge < -0.3 is 5.73 Å². The maximum atomic E-state index is 8.41. The van der Waals surface area contributed by atoms with E-state index >= 15 is 0 Å². The molecule has 1 unspecified atom stereocenters. The van der Waals surface area contributed by atoms with Crippen molar-refractivity contribution in [2.45, 2.75) is 19.5 Å². The van der Waals surface area contributed by atoms with E-state index in [2.05, 4.69) is 5.10 Å². The SMILES string of the molecule is CC(N)n1nccc1CC#N. The van der Waals surface area contributed by atoms with Gasteiger partial charge >= 0.3 is 0 Å². The monoisotopic (exact) mass is 150 g/mol. The fraction of sp³-hybridized carbons (Fsp3) is 0.429. The van der Waals surface area contributed by atoms with Crippen LogP contribution in [-0.2, 0) is 6.42 Å². The molecule has 0 bridgehead atoms. The molecule has 1 aromatic rings. The number of aromatic nitrogens is 2. The van der Waals surface area contributed by atoms with Crippen LogP contribution in [0.15, 0.2) is 12.3 Å². The highest BCUT2D eigenvalue weighted by atomic mass is 15.3. The lowest BCUT2D eigenvalue weighted by Crippen LogP contribution is -2.18. The van der Waals surface area contributed by atoms with Gasteiger partial charge in [0.2, 0.25) is 0 Å². The average molecular weight is 150 g/mol. The zero-order valence-corrected chi connectivity index (χ0v) is 6.36. The molecule has 1 heterocycles. The predicted molar refractivity (Wildman–Crippen MR) is 40.4 cm³/mol. The number of rotatable bonds is 2. The van der Waals surface area contributed by atoms with Crippen LogP contribution in [0.3, 0.4) is 0 Å². The van der Waals surface area contributed by atoms with Gasteiger partial charge in [-0.05, 0) is 13.0 Å². The minimum atomic E-state index is -0.159. The number of nitrogens with two attached hydrogens (primary N) is 1. The molecular formula is C7H10N4. The molecule has 0 saturated heterocycles. The van der Waals surface area contributed by atoms with Gasteiger partial charge in [0.05, 0.1) is 24.3 Å². The maximum Gasteiger partial charge on any atom is 0.0963 e. The van der Waals surface area contributed by atoms with Crippen LogP contribution in [-0.4, -0.2) is 9.78 Å². The molecular weight excluding hydrogens is 140 g/mol. The number of nitrogens with zero attached hydrogens (tertiary/aromatic N) is 3. The van der Waals surface area contributed by atoms with Gasteiger partial charge in [0, 0.05) is 6.20 Å². The van der Waals surface area contributed by atoms with E-state index in [1.807, 2.05) is 13.0 Å². The van der Waals surface area contributed by atoms with Crippen molar-refractivity contribution < 1.29 is 0 Å². The van der Waals surface area contributed by atoms with E-state index < -0.39 is 0 Å². The predicted octanol–water partition coefficient (Wildman–Crippen LogP) is 0.426. The summed E-state index contributed by atoms with van der Waals surface area (Å²) in [4.78, 5) is 0. The summed E-state index contributed by atoms with van der Waals surface area (Å²) in [5.41, 5.74) is 6.44. The third-order valence-electron chi connectivity index (χ3n) is 1.40. The quantitative estimate of drug-likeness (QED) is 0.664. The molecule has 4 nitrogen and oxygen atoms in total. The Balaban J connectivity index is 2.89. The van der Waals surface area contributed by atoms with Crippen LogP contribution < -0.4 is 5.73 Å². The molecule has 0 aromatic carbocycles. The van der Waals surface area contributed by atoms with Crippen LogP contribution in [0.5, 0.6) is 0 Å². The molecule has 2 N–H and O–H groups in total. The van der Waals surface area contributed by atoms with Gasteiger partial charge in [-0.25, -0.2) is 0 Å². The first-order chi connectivity index (χ1) is 5.25. The fourth-order valence-corrected chi connectivity index (χ4v) is 0.929. The third-order valence-corrected chi connectivity index (χ3v) is 1.40.